The van der Waals surface area contributed by atoms with Crippen molar-refractivity contribution in [3.63, 3.8) is 0 Å². The lowest BCUT2D eigenvalue weighted by molar-refractivity contribution is 0.436. The highest BCUT2D eigenvalue weighted by atomic mass is 32.2. The number of sulfonamides is 1. The second-order valence-corrected chi connectivity index (χ2v) is 8.73. The van der Waals surface area contributed by atoms with Gasteiger partial charge in [0.25, 0.3) is 0 Å². The van der Waals surface area contributed by atoms with Crippen molar-refractivity contribution >= 4 is 15.7 Å². The van der Waals surface area contributed by atoms with Gasteiger partial charge in [0.15, 0.2) is 17.3 Å². The Morgan fingerprint density at radius 3 is 2.64 bits per heavy atom. The summed E-state index contributed by atoms with van der Waals surface area (Å²) < 4.78 is 58.1. The molecule has 3 rings (SSSR count). The molecular formula is C20H21F2N2O3S+. The molecule has 1 unspecified atom stereocenters. The summed E-state index contributed by atoms with van der Waals surface area (Å²) in [5, 5.41) is 0. The van der Waals surface area contributed by atoms with Crippen LogP contribution in [0.1, 0.15) is 6.92 Å². The van der Waals surface area contributed by atoms with Crippen LogP contribution in [0.4, 0.5) is 14.5 Å². The number of nitrogens with two attached hydrogens (primary N) is 1. The van der Waals surface area contributed by atoms with E-state index in [-0.39, 0.29) is 30.3 Å². The third-order valence-electron chi connectivity index (χ3n) is 4.56. The summed E-state index contributed by atoms with van der Waals surface area (Å²) in [4.78, 5) is 0. The summed E-state index contributed by atoms with van der Waals surface area (Å²) >= 11 is 0. The van der Waals surface area contributed by atoms with Crippen molar-refractivity contribution in [2.45, 2.75) is 6.92 Å². The minimum Gasteiger partial charge on any atom is -0.454 e. The van der Waals surface area contributed by atoms with Crippen LogP contribution < -0.4 is 14.4 Å². The lowest BCUT2D eigenvalue weighted by atomic mass is 10.2. The molecule has 0 bridgehead atoms. The van der Waals surface area contributed by atoms with Gasteiger partial charge in [0.1, 0.15) is 24.3 Å². The molecule has 5 nitrogen and oxygen atoms in total. The van der Waals surface area contributed by atoms with Gasteiger partial charge in [-0.05, 0) is 31.2 Å². The van der Waals surface area contributed by atoms with E-state index >= 15 is 0 Å². The molecule has 0 spiro atoms. The van der Waals surface area contributed by atoms with E-state index in [1.54, 1.807) is 49.5 Å². The smallest absolute Gasteiger partial charge is 0.306 e. The number of hydrogen-bond donors (Lipinski definition) is 1. The second kappa shape index (κ2) is 7.83. The van der Waals surface area contributed by atoms with Crippen LogP contribution in [-0.2, 0) is 10.0 Å². The second-order valence-electron chi connectivity index (χ2n) is 6.33. The van der Waals surface area contributed by atoms with E-state index in [0.29, 0.717) is 11.3 Å². The standard InChI is InChI=1S/C20H21F2N2O3S/c1-2-28(25,26)24(10-4-5-15(13-23)14-24)17-6-3-7-18(12-17)27-20-9-8-16(21)11-19(20)22/h3-9,11-12,14H,2,10,13,23H2,1H3/q+1. The van der Waals surface area contributed by atoms with E-state index in [9.17, 15) is 17.2 Å². The van der Waals surface area contributed by atoms with E-state index < -0.39 is 25.5 Å². The van der Waals surface area contributed by atoms with Crippen LogP contribution in [0.15, 0.2) is 66.4 Å². The van der Waals surface area contributed by atoms with Gasteiger partial charge < -0.3 is 10.5 Å². The van der Waals surface area contributed by atoms with Crippen LogP contribution in [0, 0.1) is 11.6 Å². The van der Waals surface area contributed by atoms with Crippen LogP contribution in [0.2, 0.25) is 0 Å². The number of hydrogen-bond acceptors (Lipinski definition) is 4. The zero-order chi connectivity index (χ0) is 20.4. The van der Waals surface area contributed by atoms with Crippen molar-refractivity contribution in [2.24, 2.45) is 5.73 Å². The fraction of sp³-hybridized carbons (Fsp3) is 0.200. The molecule has 2 N–H and O–H groups in total. The third kappa shape index (κ3) is 3.71. The van der Waals surface area contributed by atoms with Crippen molar-refractivity contribution in [1.82, 2.24) is 3.89 Å². The lowest BCUT2D eigenvalue weighted by Crippen LogP contribution is -2.51. The SMILES string of the molecule is CCS(=O)(=O)[N+]1(c2cccc(Oc3ccc(F)cc3F)c2)C=C(CN)C=CC1. The normalized spacial score (nSPS) is 19.4. The number of quaternary nitrogens is 1. The van der Waals surface area contributed by atoms with E-state index in [2.05, 4.69) is 0 Å². The first-order valence-electron chi connectivity index (χ1n) is 8.74. The molecule has 0 aromatic heterocycles. The van der Waals surface area contributed by atoms with Crippen molar-refractivity contribution in [3.05, 3.63) is 78.0 Å². The average molecular weight is 407 g/mol. The molecule has 0 fully saturated rings. The fourth-order valence-corrected chi connectivity index (χ4v) is 4.58. The molecule has 2 aromatic carbocycles. The maximum Gasteiger partial charge on any atom is 0.306 e. The maximum atomic E-state index is 13.9. The van der Waals surface area contributed by atoms with Crippen molar-refractivity contribution in [2.75, 3.05) is 18.8 Å². The number of halogens is 2. The van der Waals surface area contributed by atoms with Gasteiger partial charge in [0, 0.05) is 30.3 Å². The number of nitrogens with zero attached hydrogens (tertiary/aromatic N) is 1. The van der Waals surface area contributed by atoms with Gasteiger partial charge in [0.05, 0.1) is 5.75 Å². The molecule has 1 aliphatic rings. The highest BCUT2D eigenvalue weighted by Crippen LogP contribution is 2.36. The highest BCUT2D eigenvalue weighted by molar-refractivity contribution is 7.91. The molecule has 28 heavy (non-hydrogen) atoms. The molecule has 0 radical (unpaired) electrons. The minimum absolute atomic E-state index is 0.0765. The zero-order valence-corrected chi connectivity index (χ0v) is 16.1. The van der Waals surface area contributed by atoms with E-state index in [1.807, 2.05) is 0 Å². The first-order chi connectivity index (χ1) is 13.3. The van der Waals surface area contributed by atoms with Gasteiger partial charge in [-0.2, -0.15) is 12.3 Å². The summed E-state index contributed by atoms with van der Waals surface area (Å²) in [6.07, 6.45) is 5.19. The van der Waals surface area contributed by atoms with Crippen LogP contribution in [0.25, 0.3) is 0 Å². The van der Waals surface area contributed by atoms with Crippen LogP contribution >= 0.6 is 0 Å². The molecule has 0 aliphatic carbocycles. The highest BCUT2D eigenvalue weighted by Gasteiger charge is 2.42. The fourth-order valence-electron chi connectivity index (χ4n) is 3.08. The zero-order valence-electron chi connectivity index (χ0n) is 15.3. The Morgan fingerprint density at radius 1 is 1.18 bits per heavy atom. The van der Waals surface area contributed by atoms with E-state index in [0.717, 1.165) is 12.1 Å². The number of ether oxygens (including phenoxy) is 1. The van der Waals surface area contributed by atoms with Crippen molar-refractivity contribution in [3.8, 4) is 11.5 Å². The van der Waals surface area contributed by atoms with Gasteiger partial charge in [0.2, 0.25) is 0 Å². The Kier molecular flexibility index (Phi) is 5.64. The van der Waals surface area contributed by atoms with Crippen LogP contribution in [0.3, 0.4) is 0 Å². The molecule has 1 heterocycles. The lowest BCUT2D eigenvalue weighted by Gasteiger charge is -2.34. The average Bonchev–Trinajstić information content (AvgIpc) is 2.70. The first kappa shape index (κ1) is 20.2. The Morgan fingerprint density at radius 2 is 1.96 bits per heavy atom. The molecular weight excluding hydrogens is 386 g/mol. The molecule has 0 saturated heterocycles. The predicted molar refractivity (Wildman–Crippen MR) is 105 cm³/mol. The number of rotatable bonds is 6. The summed E-state index contributed by atoms with van der Waals surface area (Å²) in [7, 11) is -3.61. The van der Waals surface area contributed by atoms with Crippen molar-refractivity contribution in [1.29, 1.82) is 0 Å². The summed E-state index contributed by atoms with van der Waals surface area (Å²) in [6.45, 7) is 1.98. The minimum atomic E-state index is -3.61. The maximum absolute atomic E-state index is 13.9. The summed E-state index contributed by atoms with van der Waals surface area (Å²) in [5.74, 6) is -1.55. The Labute approximate surface area is 163 Å². The molecule has 0 amide bonds. The molecule has 8 heteroatoms. The van der Waals surface area contributed by atoms with Gasteiger partial charge in [-0.1, -0.05) is 12.1 Å². The van der Waals surface area contributed by atoms with Crippen LogP contribution in [0.5, 0.6) is 11.5 Å². The van der Waals surface area contributed by atoms with Gasteiger partial charge in [-0.25, -0.2) is 8.78 Å². The summed E-state index contributed by atoms with van der Waals surface area (Å²) in [6, 6.07) is 9.41. The molecule has 1 aliphatic heterocycles. The monoisotopic (exact) mass is 407 g/mol. The molecule has 148 valence electrons. The van der Waals surface area contributed by atoms with Gasteiger partial charge in [-0.3, -0.25) is 0 Å². The molecule has 0 saturated carbocycles. The Bertz CT molecular complexity index is 1050. The van der Waals surface area contributed by atoms with E-state index in [4.69, 9.17) is 10.5 Å². The molecule has 2 aromatic rings. The predicted octanol–water partition coefficient (Wildman–Crippen LogP) is 3.83. The summed E-state index contributed by atoms with van der Waals surface area (Å²) in [5.41, 5.74) is 6.86. The number of benzene rings is 2. The Balaban J connectivity index is 2.07. The first-order valence-corrected chi connectivity index (χ1v) is 10.3. The topological polar surface area (TPSA) is 69.4 Å². The van der Waals surface area contributed by atoms with Crippen LogP contribution in [-0.4, -0.2) is 27.3 Å². The quantitative estimate of drug-likeness (QED) is 0.739. The molecule has 1 atom stereocenters. The third-order valence-corrected chi connectivity index (χ3v) is 6.74. The van der Waals surface area contributed by atoms with Gasteiger partial charge in [-0.15, -0.1) is 0 Å². The Hall–Kier alpha value is -2.55. The largest absolute Gasteiger partial charge is 0.454 e. The van der Waals surface area contributed by atoms with E-state index in [1.165, 1.54) is 6.07 Å². The van der Waals surface area contributed by atoms with Gasteiger partial charge >= 0.3 is 10.0 Å². The van der Waals surface area contributed by atoms with Crippen molar-refractivity contribution < 1.29 is 21.9 Å².